The zero-order valence-electron chi connectivity index (χ0n) is 11.5. The first kappa shape index (κ1) is 14.9. The standard InChI is InChI=1S/C16H12Cl2N2O2/c17-13-7-15-16(8-14(13)18)20(9-19-15)12-3-1-11(2-4-12)5-6-22-10-21/h1-4,7-10H,5-6H2. The Kier molecular flexibility index (Phi) is 4.32. The van der Waals surface area contributed by atoms with Crippen LogP contribution in [0.1, 0.15) is 5.56 Å². The van der Waals surface area contributed by atoms with E-state index < -0.39 is 0 Å². The number of hydrogen-bond donors (Lipinski definition) is 0. The molecule has 0 radical (unpaired) electrons. The molecule has 0 saturated carbocycles. The summed E-state index contributed by atoms with van der Waals surface area (Å²) in [5.74, 6) is 0. The largest absolute Gasteiger partial charge is 0.468 e. The first-order chi connectivity index (χ1) is 10.7. The van der Waals surface area contributed by atoms with Crippen LogP contribution in [-0.2, 0) is 16.0 Å². The molecule has 3 aromatic rings. The predicted molar refractivity (Wildman–Crippen MR) is 86.8 cm³/mol. The zero-order valence-corrected chi connectivity index (χ0v) is 13.0. The van der Waals surface area contributed by atoms with Gasteiger partial charge in [0.25, 0.3) is 6.47 Å². The van der Waals surface area contributed by atoms with E-state index in [4.69, 9.17) is 27.9 Å². The van der Waals surface area contributed by atoms with E-state index in [9.17, 15) is 4.79 Å². The molecule has 6 heteroatoms. The van der Waals surface area contributed by atoms with Gasteiger partial charge >= 0.3 is 0 Å². The third-order valence-electron chi connectivity index (χ3n) is 3.38. The first-order valence-electron chi connectivity index (χ1n) is 6.65. The molecule has 22 heavy (non-hydrogen) atoms. The third-order valence-corrected chi connectivity index (χ3v) is 4.10. The maximum Gasteiger partial charge on any atom is 0.293 e. The summed E-state index contributed by atoms with van der Waals surface area (Å²) in [5, 5.41) is 0.989. The van der Waals surface area contributed by atoms with Crippen molar-refractivity contribution in [3.8, 4) is 5.69 Å². The second-order valence-corrected chi connectivity index (χ2v) is 5.57. The fourth-order valence-electron chi connectivity index (χ4n) is 2.26. The number of ether oxygens (including phenoxy) is 1. The minimum Gasteiger partial charge on any atom is -0.468 e. The summed E-state index contributed by atoms with van der Waals surface area (Å²) in [6, 6.07) is 11.5. The summed E-state index contributed by atoms with van der Waals surface area (Å²) in [5.41, 5.74) is 3.75. The Morgan fingerprint density at radius 2 is 1.86 bits per heavy atom. The van der Waals surface area contributed by atoms with Crippen LogP contribution in [0.15, 0.2) is 42.7 Å². The van der Waals surface area contributed by atoms with Crippen LogP contribution in [0.4, 0.5) is 0 Å². The molecule has 0 atom stereocenters. The highest BCUT2D eigenvalue weighted by atomic mass is 35.5. The van der Waals surface area contributed by atoms with Crippen molar-refractivity contribution in [3.05, 3.63) is 58.3 Å². The Balaban J connectivity index is 1.91. The van der Waals surface area contributed by atoms with E-state index in [2.05, 4.69) is 4.98 Å². The van der Waals surface area contributed by atoms with Gasteiger partial charge in [0.15, 0.2) is 0 Å². The molecule has 0 amide bonds. The Labute approximate surface area is 137 Å². The van der Waals surface area contributed by atoms with Gasteiger partial charge in [-0.25, -0.2) is 4.98 Å². The van der Waals surface area contributed by atoms with Gasteiger partial charge < -0.3 is 4.74 Å². The summed E-state index contributed by atoms with van der Waals surface area (Å²) in [4.78, 5) is 14.5. The molecule has 0 N–H and O–H groups in total. The monoisotopic (exact) mass is 334 g/mol. The number of fused-ring (bicyclic) bond motifs is 1. The fraction of sp³-hybridized carbons (Fsp3) is 0.125. The van der Waals surface area contributed by atoms with Crippen LogP contribution in [-0.4, -0.2) is 22.6 Å². The van der Waals surface area contributed by atoms with E-state index in [1.165, 1.54) is 0 Å². The van der Waals surface area contributed by atoms with Crippen molar-refractivity contribution in [2.24, 2.45) is 0 Å². The Hall–Kier alpha value is -2.04. The Morgan fingerprint density at radius 3 is 2.59 bits per heavy atom. The maximum atomic E-state index is 10.1. The van der Waals surface area contributed by atoms with Crippen molar-refractivity contribution in [3.63, 3.8) is 0 Å². The maximum absolute atomic E-state index is 10.1. The van der Waals surface area contributed by atoms with Gasteiger partial charge in [-0.1, -0.05) is 35.3 Å². The van der Waals surface area contributed by atoms with Crippen LogP contribution in [0.25, 0.3) is 16.7 Å². The normalized spacial score (nSPS) is 10.8. The number of halogens is 2. The van der Waals surface area contributed by atoms with Gasteiger partial charge in [0.1, 0.15) is 6.33 Å². The second-order valence-electron chi connectivity index (χ2n) is 4.75. The lowest BCUT2D eigenvalue weighted by atomic mass is 10.1. The van der Waals surface area contributed by atoms with E-state index in [-0.39, 0.29) is 0 Å². The molecule has 4 nitrogen and oxygen atoms in total. The van der Waals surface area contributed by atoms with Gasteiger partial charge in [-0.2, -0.15) is 0 Å². The van der Waals surface area contributed by atoms with Crippen molar-refractivity contribution in [2.75, 3.05) is 6.61 Å². The van der Waals surface area contributed by atoms with Gasteiger partial charge in [-0.3, -0.25) is 9.36 Å². The number of imidazole rings is 1. The number of nitrogens with zero attached hydrogens (tertiary/aromatic N) is 2. The molecule has 3 rings (SSSR count). The average Bonchev–Trinajstić information content (AvgIpc) is 2.91. The van der Waals surface area contributed by atoms with Crippen molar-refractivity contribution in [1.29, 1.82) is 0 Å². The molecule has 0 bridgehead atoms. The predicted octanol–water partition coefficient (Wildman–Crippen LogP) is 4.05. The zero-order chi connectivity index (χ0) is 15.5. The summed E-state index contributed by atoms with van der Waals surface area (Å²) < 4.78 is 6.65. The molecule has 0 saturated heterocycles. The molecule has 0 spiro atoms. The summed E-state index contributed by atoms with van der Waals surface area (Å²) in [7, 11) is 0. The lowest BCUT2D eigenvalue weighted by Crippen LogP contribution is -1.97. The SMILES string of the molecule is O=COCCc1ccc(-n2cnc3cc(Cl)c(Cl)cc32)cc1. The number of benzene rings is 2. The summed E-state index contributed by atoms with van der Waals surface area (Å²) in [6.07, 6.45) is 2.42. The molecule has 0 fully saturated rings. The van der Waals surface area contributed by atoms with Gasteiger partial charge in [0, 0.05) is 12.1 Å². The summed E-state index contributed by atoms with van der Waals surface area (Å²) in [6.45, 7) is 0.839. The van der Waals surface area contributed by atoms with Crippen LogP contribution in [0.5, 0.6) is 0 Å². The van der Waals surface area contributed by atoms with Gasteiger partial charge in [-0.15, -0.1) is 0 Å². The highest BCUT2D eigenvalue weighted by molar-refractivity contribution is 6.42. The number of rotatable bonds is 5. The first-order valence-corrected chi connectivity index (χ1v) is 7.41. The van der Waals surface area contributed by atoms with Gasteiger partial charge in [0.05, 0.1) is 27.7 Å². The lowest BCUT2D eigenvalue weighted by molar-refractivity contribution is -0.128. The lowest BCUT2D eigenvalue weighted by Gasteiger charge is -2.07. The van der Waals surface area contributed by atoms with E-state index in [0.717, 1.165) is 22.3 Å². The van der Waals surface area contributed by atoms with Crippen LogP contribution < -0.4 is 0 Å². The molecular formula is C16H12Cl2N2O2. The number of carbonyl (C=O) groups is 1. The molecule has 1 heterocycles. The highest BCUT2D eigenvalue weighted by Crippen LogP contribution is 2.28. The molecule has 0 aliphatic rings. The highest BCUT2D eigenvalue weighted by Gasteiger charge is 2.08. The summed E-state index contributed by atoms with van der Waals surface area (Å²) >= 11 is 12.1. The number of hydrogen-bond acceptors (Lipinski definition) is 3. The van der Waals surface area contributed by atoms with Crippen molar-refractivity contribution < 1.29 is 9.53 Å². The smallest absolute Gasteiger partial charge is 0.293 e. The molecule has 112 valence electrons. The molecule has 2 aromatic carbocycles. The van der Waals surface area contributed by atoms with Crippen LogP contribution in [0, 0.1) is 0 Å². The number of carbonyl (C=O) groups excluding carboxylic acids is 1. The van der Waals surface area contributed by atoms with E-state index in [0.29, 0.717) is 29.5 Å². The molecule has 0 aliphatic carbocycles. The van der Waals surface area contributed by atoms with Crippen LogP contribution in [0.3, 0.4) is 0 Å². The molecule has 1 aromatic heterocycles. The van der Waals surface area contributed by atoms with E-state index >= 15 is 0 Å². The van der Waals surface area contributed by atoms with E-state index in [1.54, 1.807) is 18.5 Å². The molecule has 0 unspecified atom stereocenters. The molecule has 0 aliphatic heterocycles. The minimum absolute atomic E-state index is 0.380. The second kappa shape index (κ2) is 6.38. The Bertz CT molecular complexity index is 813. The quantitative estimate of drug-likeness (QED) is 0.522. The fourth-order valence-corrected chi connectivity index (χ4v) is 2.57. The third kappa shape index (κ3) is 2.93. The van der Waals surface area contributed by atoms with Crippen LogP contribution >= 0.6 is 23.2 Å². The number of aromatic nitrogens is 2. The Morgan fingerprint density at radius 1 is 1.14 bits per heavy atom. The van der Waals surface area contributed by atoms with Crippen molar-refractivity contribution >= 4 is 40.7 Å². The average molecular weight is 335 g/mol. The van der Waals surface area contributed by atoms with Gasteiger partial charge in [-0.05, 0) is 29.8 Å². The van der Waals surface area contributed by atoms with E-state index in [1.807, 2.05) is 28.8 Å². The molecular weight excluding hydrogens is 323 g/mol. The topological polar surface area (TPSA) is 44.1 Å². The van der Waals surface area contributed by atoms with Crippen molar-refractivity contribution in [2.45, 2.75) is 6.42 Å². The minimum atomic E-state index is 0.380. The van der Waals surface area contributed by atoms with Crippen LogP contribution in [0.2, 0.25) is 10.0 Å². The van der Waals surface area contributed by atoms with Gasteiger partial charge in [0.2, 0.25) is 0 Å². The van der Waals surface area contributed by atoms with Crippen molar-refractivity contribution in [1.82, 2.24) is 9.55 Å².